The fraction of sp³-hybridized carbons (Fsp3) is 0.211. The van der Waals surface area contributed by atoms with Gasteiger partial charge >= 0.3 is 0 Å². The number of halogens is 1. The number of hydrogen-bond donors (Lipinski definition) is 0. The number of fused-ring (bicyclic) bond motifs is 1. The molecule has 0 spiro atoms. The van der Waals surface area contributed by atoms with E-state index in [0.717, 1.165) is 38.8 Å². The highest BCUT2D eigenvalue weighted by molar-refractivity contribution is 7.22. The fourth-order valence-electron chi connectivity index (χ4n) is 2.84. The third-order valence-corrected chi connectivity index (χ3v) is 6.08. The molecule has 1 aromatic carbocycles. The van der Waals surface area contributed by atoms with Crippen LogP contribution in [0.2, 0.25) is 0 Å². The molecule has 3 aromatic heterocycles. The van der Waals surface area contributed by atoms with Crippen molar-refractivity contribution in [2.45, 2.75) is 19.9 Å². The Morgan fingerprint density at radius 2 is 2.15 bits per heavy atom. The normalized spacial score (nSPS) is 10.7. The predicted molar refractivity (Wildman–Crippen MR) is 114 cm³/mol. The molecule has 0 aliphatic heterocycles. The molecule has 4 aromatic rings. The SMILES string of the molecule is Cc1cccc2sc(N(CCCn3ccnc3)C(=O)c3cccs3)nc12.Cl. The van der Waals surface area contributed by atoms with Crippen LogP contribution in [-0.4, -0.2) is 27.0 Å². The Morgan fingerprint density at radius 3 is 2.85 bits per heavy atom. The van der Waals surface area contributed by atoms with Gasteiger partial charge in [0.25, 0.3) is 5.91 Å². The molecule has 0 aliphatic carbocycles. The minimum Gasteiger partial charge on any atom is -0.337 e. The second-order valence-corrected chi connectivity index (χ2v) is 7.96. The van der Waals surface area contributed by atoms with Gasteiger partial charge in [0.1, 0.15) is 0 Å². The number of benzene rings is 1. The summed E-state index contributed by atoms with van der Waals surface area (Å²) in [7, 11) is 0. The maximum absolute atomic E-state index is 13.0. The lowest BCUT2D eigenvalue weighted by Crippen LogP contribution is -2.31. The van der Waals surface area contributed by atoms with E-state index in [-0.39, 0.29) is 18.3 Å². The van der Waals surface area contributed by atoms with Crippen LogP contribution in [0.5, 0.6) is 0 Å². The molecule has 0 radical (unpaired) electrons. The van der Waals surface area contributed by atoms with Crippen LogP contribution < -0.4 is 4.90 Å². The van der Waals surface area contributed by atoms with Gasteiger partial charge in [-0.2, -0.15) is 0 Å². The number of amides is 1. The van der Waals surface area contributed by atoms with Gasteiger partial charge in [0.15, 0.2) is 5.13 Å². The van der Waals surface area contributed by atoms with Gasteiger partial charge in [-0.25, -0.2) is 9.97 Å². The summed E-state index contributed by atoms with van der Waals surface area (Å²) < 4.78 is 3.13. The average Bonchev–Trinajstić information content (AvgIpc) is 3.39. The molecule has 0 bridgehead atoms. The Kier molecular flexibility index (Phi) is 6.26. The Labute approximate surface area is 171 Å². The number of nitrogens with zero attached hydrogens (tertiary/aromatic N) is 4. The first-order valence-corrected chi connectivity index (χ1v) is 10.1. The van der Waals surface area contributed by atoms with Crippen LogP contribution in [0.4, 0.5) is 5.13 Å². The zero-order chi connectivity index (χ0) is 17.9. The van der Waals surface area contributed by atoms with Crippen LogP contribution >= 0.6 is 35.1 Å². The van der Waals surface area contributed by atoms with E-state index in [9.17, 15) is 4.79 Å². The van der Waals surface area contributed by atoms with Gasteiger partial charge in [-0.3, -0.25) is 9.69 Å². The molecule has 0 saturated carbocycles. The second-order valence-electron chi connectivity index (χ2n) is 6.01. The van der Waals surface area contributed by atoms with Gasteiger partial charge in [-0.1, -0.05) is 29.5 Å². The van der Waals surface area contributed by atoms with E-state index >= 15 is 0 Å². The number of thiophene rings is 1. The van der Waals surface area contributed by atoms with Crippen molar-refractivity contribution in [1.82, 2.24) is 14.5 Å². The van der Waals surface area contributed by atoms with E-state index in [1.165, 1.54) is 11.3 Å². The molecule has 5 nitrogen and oxygen atoms in total. The van der Waals surface area contributed by atoms with Crippen molar-refractivity contribution < 1.29 is 4.79 Å². The maximum Gasteiger partial charge on any atom is 0.270 e. The number of aryl methyl sites for hydroxylation is 2. The highest BCUT2D eigenvalue weighted by Crippen LogP contribution is 2.32. The van der Waals surface area contributed by atoms with Crippen LogP contribution in [0, 0.1) is 6.92 Å². The van der Waals surface area contributed by atoms with Gasteiger partial charge in [-0.15, -0.1) is 23.7 Å². The third kappa shape index (κ3) is 4.21. The molecule has 0 fully saturated rings. The highest BCUT2D eigenvalue weighted by Gasteiger charge is 2.22. The smallest absolute Gasteiger partial charge is 0.270 e. The topological polar surface area (TPSA) is 51.0 Å². The number of hydrogen-bond acceptors (Lipinski definition) is 5. The molecule has 0 saturated heterocycles. The van der Waals surface area contributed by atoms with Crippen LogP contribution in [0.1, 0.15) is 21.7 Å². The Bertz CT molecular complexity index is 1010. The molecular weight excluding hydrogens is 400 g/mol. The van der Waals surface area contributed by atoms with Crippen molar-refractivity contribution in [2.24, 2.45) is 0 Å². The molecular formula is C19H19ClN4OS2. The average molecular weight is 419 g/mol. The van der Waals surface area contributed by atoms with E-state index in [4.69, 9.17) is 4.98 Å². The number of rotatable bonds is 6. The third-order valence-electron chi connectivity index (χ3n) is 4.17. The summed E-state index contributed by atoms with van der Waals surface area (Å²) in [5, 5.41) is 2.69. The van der Waals surface area contributed by atoms with Crippen molar-refractivity contribution in [3.63, 3.8) is 0 Å². The first-order valence-electron chi connectivity index (χ1n) is 8.39. The Balaban J connectivity index is 0.00000210. The van der Waals surface area contributed by atoms with Crippen molar-refractivity contribution in [1.29, 1.82) is 0 Å². The molecule has 0 atom stereocenters. The quantitative estimate of drug-likeness (QED) is 0.441. The number of anilines is 1. The largest absolute Gasteiger partial charge is 0.337 e. The van der Waals surface area contributed by atoms with E-state index in [1.807, 2.05) is 39.2 Å². The first kappa shape index (κ1) is 19.5. The first-order chi connectivity index (χ1) is 12.7. The minimum absolute atomic E-state index is 0. The maximum atomic E-state index is 13.0. The number of imidazole rings is 1. The Morgan fingerprint density at radius 1 is 1.26 bits per heavy atom. The number of aromatic nitrogens is 3. The zero-order valence-electron chi connectivity index (χ0n) is 14.7. The molecule has 8 heteroatoms. The Hall–Kier alpha value is -2.22. The summed E-state index contributed by atoms with van der Waals surface area (Å²) in [4.78, 5) is 24.4. The lowest BCUT2D eigenvalue weighted by molar-refractivity contribution is 0.0990. The number of para-hydroxylation sites is 1. The van der Waals surface area contributed by atoms with Crippen molar-refractivity contribution in [3.05, 3.63) is 64.9 Å². The molecule has 0 N–H and O–H groups in total. The molecule has 0 aliphatic rings. The molecule has 0 unspecified atom stereocenters. The van der Waals surface area contributed by atoms with Gasteiger partial charge in [-0.05, 0) is 36.4 Å². The van der Waals surface area contributed by atoms with E-state index in [1.54, 1.807) is 23.9 Å². The minimum atomic E-state index is 0. The van der Waals surface area contributed by atoms with Gasteiger partial charge in [0, 0.05) is 25.5 Å². The standard InChI is InChI=1S/C19H18N4OS2.ClH/c1-14-5-2-6-15-17(14)21-19(26-15)23(18(24)16-7-3-12-25-16)10-4-9-22-11-8-20-13-22;/h2-3,5-8,11-13H,4,9-10H2,1H3;1H. The van der Waals surface area contributed by atoms with Gasteiger partial charge in [0.05, 0.1) is 21.4 Å². The summed E-state index contributed by atoms with van der Waals surface area (Å²) in [6.07, 6.45) is 6.34. The summed E-state index contributed by atoms with van der Waals surface area (Å²) in [6.45, 7) is 3.49. The van der Waals surface area contributed by atoms with Crippen molar-refractivity contribution in [2.75, 3.05) is 11.4 Å². The summed E-state index contributed by atoms with van der Waals surface area (Å²) in [5.74, 6) is 0.0161. The fourth-order valence-corrected chi connectivity index (χ4v) is 4.58. The summed E-state index contributed by atoms with van der Waals surface area (Å²) in [5.41, 5.74) is 2.11. The highest BCUT2D eigenvalue weighted by atomic mass is 35.5. The van der Waals surface area contributed by atoms with Crippen LogP contribution in [-0.2, 0) is 6.54 Å². The van der Waals surface area contributed by atoms with Gasteiger partial charge < -0.3 is 4.57 Å². The molecule has 1 amide bonds. The molecule has 3 heterocycles. The van der Waals surface area contributed by atoms with Crippen molar-refractivity contribution in [3.8, 4) is 0 Å². The number of carbonyl (C=O) groups is 1. The number of thiazole rings is 1. The predicted octanol–water partition coefficient (Wildman–Crippen LogP) is 5.02. The second kappa shape index (κ2) is 8.65. The molecule has 27 heavy (non-hydrogen) atoms. The lowest BCUT2D eigenvalue weighted by Gasteiger charge is -2.19. The van der Waals surface area contributed by atoms with Crippen LogP contribution in [0.3, 0.4) is 0 Å². The molecule has 4 rings (SSSR count). The summed E-state index contributed by atoms with van der Waals surface area (Å²) in [6, 6.07) is 9.92. The van der Waals surface area contributed by atoms with E-state index in [0.29, 0.717) is 6.54 Å². The molecule has 140 valence electrons. The lowest BCUT2D eigenvalue weighted by atomic mass is 10.2. The van der Waals surface area contributed by atoms with E-state index in [2.05, 4.69) is 24.0 Å². The van der Waals surface area contributed by atoms with Gasteiger partial charge in [0.2, 0.25) is 0 Å². The van der Waals surface area contributed by atoms with Crippen LogP contribution in [0.25, 0.3) is 10.2 Å². The van der Waals surface area contributed by atoms with Crippen LogP contribution in [0.15, 0.2) is 54.4 Å². The van der Waals surface area contributed by atoms with E-state index < -0.39 is 0 Å². The van der Waals surface area contributed by atoms with Crippen molar-refractivity contribution >= 4 is 56.3 Å². The zero-order valence-corrected chi connectivity index (χ0v) is 17.2. The number of carbonyl (C=O) groups excluding carboxylic acids is 1. The summed E-state index contributed by atoms with van der Waals surface area (Å²) >= 11 is 3.04. The monoisotopic (exact) mass is 418 g/mol.